The smallest absolute Gasteiger partial charge is 0.262 e. The zero-order valence-corrected chi connectivity index (χ0v) is 17.9. The van der Waals surface area contributed by atoms with Crippen LogP contribution in [0.15, 0.2) is 65.6 Å². The standard InChI is InChI=1S/C22H21ClN2O3S/c1-14-7-4-5-9-19(14)25-29(27,28)21-13-17(12-11-15(21)2)22(26)24-20-10-6-8-18(23)16(20)3/h4-13,25H,1-3H3,(H,24,26). The van der Waals surface area contributed by atoms with E-state index in [2.05, 4.69) is 10.0 Å². The summed E-state index contributed by atoms with van der Waals surface area (Å²) in [6.07, 6.45) is 0. The number of nitrogens with one attached hydrogen (secondary N) is 2. The summed E-state index contributed by atoms with van der Waals surface area (Å²) in [5.74, 6) is -0.414. The molecule has 0 aliphatic rings. The molecule has 5 nitrogen and oxygen atoms in total. The predicted molar refractivity (Wildman–Crippen MR) is 117 cm³/mol. The van der Waals surface area contributed by atoms with E-state index in [4.69, 9.17) is 11.6 Å². The van der Waals surface area contributed by atoms with Crippen molar-refractivity contribution >= 4 is 38.9 Å². The summed E-state index contributed by atoms with van der Waals surface area (Å²) in [4.78, 5) is 12.8. The second-order valence-electron chi connectivity index (χ2n) is 6.77. The summed E-state index contributed by atoms with van der Waals surface area (Å²) in [7, 11) is -3.86. The minimum Gasteiger partial charge on any atom is -0.322 e. The fourth-order valence-electron chi connectivity index (χ4n) is 2.86. The third-order valence-electron chi connectivity index (χ3n) is 4.65. The summed E-state index contributed by atoms with van der Waals surface area (Å²) in [5, 5.41) is 3.32. The number of carbonyl (C=O) groups is 1. The van der Waals surface area contributed by atoms with E-state index >= 15 is 0 Å². The topological polar surface area (TPSA) is 75.3 Å². The lowest BCUT2D eigenvalue weighted by Crippen LogP contribution is -2.17. The van der Waals surface area contributed by atoms with E-state index in [1.807, 2.05) is 19.1 Å². The molecule has 3 rings (SSSR count). The maximum atomic E-state index is 12.9. The lowest BCUT2D eigenvalue weighted by Gasteiger charge is -2.14. The fourth-order valence-corrected chi connectivity index (χ4v) is 4.43. The first kappa shape index (κ1) is 20.9. The highest BCUT2D eigenvalue weighted by atomic mass is 35.5. The molecule has 0 atom stereocenters. The highest BCUT2D eigenvalue weighted by molar-refractivity contribution is 7.92. The van der Waals surface area contributed by atoms with Gasteiger partial charge in [0.25, 0.3) is 15.9 Å². The zero-order valence-electron chi connectivity index (χ0n) is 16.3. The van der Waals surface area contributed by atoms with Crippen LogP contribution in [0, 0.1) is 20.8 Å². The van der Waals surface area contributed by atoms with Gasteiger partial charge in [0.1, 0.15) is 0 Å². The highest BCUT2D eigenvalue weighted by Crippen LogP contribution is 2.25. The number of amides is 1. The Bertz CT molecular complexity index is 1190. The molecular weight excluding hydrogens is 408 g/mol. The molecule has 0 fully saturated rings. The Morgan fingerprint density at radius 2 is 1.55 bits per heavy atom. The van der Waals surface area contributed by atoms with Gasteiger partial charge in [0.2, 0.25) is 0 Å². The van der Waals surface area contributed by atoms with Crippen molar-refractivity contribution < 1.29 is 13.2 Å². The molecular formula is C22H21ClN2O3S. The summed E-state index contributed by atoms with van der Waals surface area (Å²) >= 11 is 6.10. The van der Waals surface area contributed by atoms with Gasteiger partial charge in [-0.15, -0.1) is 0 Å². The van der Waals surface area contributed by atoms with E-state index in [9.17, 15) is 13.2 Å². The summed E-state index contributed by atoms with van der Waals surface area (Å²) in [5.41, 5.74) is 3.39. The Kier molecular flexibility index (Phi) is 5.96. The van der Waals surface area contributed by atoms with Crippen LogP contribution in [-0.4, -0.2) is 14.3 Å². The van der Waals surface area contributed by atoms with Gasteiger partial charge in [-0.1, -0.05) is 41.9 Å². The summed E-state index contributed by atoms with van der Waals surface area (Å²) in [6, 6.07) is 16.9. The van der Waals surface area contributed by atoms with Crippen LogP contribution in [0.4, 0.5) is 11.4 Å². The molecule has 0 radical (unpaired) electrons. The largest absolute Gasteiger partial charge is 0.322 e. The summed E-state index contributed by atoms with van der Waals surface area (Å²) in [6.45, 7) is 5.31. The molecule has 3 aromatic rings. The minimum atomic E-state index is -3.86. The molecule has 0 spiro atoms. The summed E-state index contributed by atoms with van der Waals surface area (Å²) < 4.78 is 28.5. The molecule has 0 saturated heterocycles. The minimum absolute atomic E-state index is 0.0521. The average Bonchev–Trinajstić information content (AvgIpc) is 2.67. The van der Waals surface area contributed by atoms with Crippen LogP contribution in [0.25, 0.3) is 0 Å². The van der Waals surface area contributed by atoms with Crippen LogP contribution in [0.3, 0.4) is 0 Å². The van der Waals surface area contributed by atoms with Gasteiger partial charge in [-0.2, -0.15) is 0 Å². The quantitative estimate of drug-likeness (QED) is 0.577. The maximum absolute atomic E-state index is 12.9. The number of benzene rings is 3. The molecule has 7 heteroatoms. The predicted octanol–water partition coefficient (Wildman–Crippen LogP) is 5.32. The van der Waals surface area contributed by atoms with Gasteiger partial charge in [0.15, 0.2) is 0 Å². The van der Waals surface area contributed by atoms with Crippen molar-refractivity contribution in [1.29, 1.82) is 0 Å². The normalized spacial score (nSPS) is 11.2. The maximum Gasteiger partial charge on any atom is 0.262 e. The van der Waals surface area contributed by atoms with Gasteiger partial charge in [-0.3, -0.25) is 9.52 Å². The highest BCUT2D eigenvalue weighted by Gasteiger charge is 2.20. The van der Waals surface area contributed by atoms with E-state index in [1.165, 1.54) is 6.07 Å². The molecule has 29 heavy (non-hydrogen) atoms. The number of aryl methyl sites for hydroxylation is 2. The van der Waals surface area contributed by atoms with Gasteiger partial charge >= 0.3 is 0 Å². The molecule has 1 amide bonds. The van der Waals surface area contributed by atoms with Crippen LogP contribution in [0.5, 0.6) is 0 Å². The van der Waals surface area contributed by atoms with E-state index in [1.54, 1.807) is 56.3 Å². The molecule has 150 valence electrons. The number of sulfonamides is 1. The van der Waals surface area contributed by atoms with Crippen molar-refractivity contribution in [1.82, 2.24) is 0 Å². The van der Waals surface area contributed by atoms with Gasteiger partial charge in [0, 0.05) is 16.3 Å². The van der Waals surface area contributed by atoms with Crippen molar-refractivity contribution in [2.75, 3.05) is 10.0 Å². The van der Waals surface area contributed by atoms with Crippen molar-refractivity contribution in [3.63, 3.8) is 0 Å². The zero-order chi connectivity index (χ0) is 21.2. The third-order valence-corrected chi connectivity index (χ3v) is 6.56. The van der Waals surface area contributed by atoms with E-state index in [0.29, 0.717) is 22.0 Å². The molecule has 2 N–H and O–H groups in total. The number of rotatable bonds is 5. The van der Waals surface area contributed by atoms with Gasteiger partial charge in [-0.05, 0) is 67.8 Å². The van der Waals surface area contributed by atoms with Crippen LogP contribution in [-0.2, 0) is 10.0 Å². The van der Waals surface area contributed by atoms with Crippen molar-refractivity contribution in [2.24, 2.45) is 0 Å². The molecule has 0 heterocycles. The average molecular weight is 429 g/mol. The monoisotopic (exact) mass is 428 g/mol. The molecule has 0 saturated carbocycles. The first-order valence-corrected chi connectivity index (χ1v) is 10.8. The van der Waals surface area contributed by atoms with Crippen LogP contribution in [0.2, 0.25) is 5.02 Å². The molecule has 0 aliphatic carbocycles. The van der Waals surface area contributed by atoms with Crippen molar-refractivity contribution in [3.05, 3.63) is 87.9 Å². The Balaban J connectivity index is 1.92. The Morgan fingerprint density at radius 1 is 0.862 bits per heavy atom. The number of hydrogen-bond acceptors (Lipinski definition) is 3. The number of carbonyl (C=O) groups excluding carboxylic acids is 1. The van der Waals surface area contributed by atoms with Gasteiger partial charge in [0.05, 0.1) is 10.6 Å². The third kappa shape index (κ3) is 4.60. The second-order valence-corrected chi connectivity index (χ2v) is 8.83. The van der Waals surface area contributed by atoms with Gasteiger partial charge in [-0.25, -0.2) is 8.42 Å². The Hall–Kier alpha value is -2.83. The molecule has 0 bridgehead atoms. The lowest BCUT2D eigenvalue weighted by atomic mass is 10.1. The molecule has 0 aromatic heterocycles. The molecule has 0 unspecified atom stereocenters. The Morgan fingerprint density at radius 3 is 2.28 bits per heavy atom. The van der Waals surface area contributed by atoms with Crippen LogP contribution < -0.4 is 10.0 Å². The van der Waals surface area contributed by atoms with E-state index in [0.717, 1.165) is 11.1 Å². The first-order chi connectivity index (χ1) is 13.7. The number of hydrogen-bond donors (Lipinski definition) is 2. The first-order valence-electron chi connectivity index (χ1n) is 8.94. The molecule has 0 aliphatic heterocycles. The van der Waals surface area contributed by atoms with Crippen molar-refractivity contribution in [2.45, 2.75) is 25.7 Å². The SMILES string of the molecule is Cc1ccccc1NS(=O)(=O)c1cc(C(=O)Nc2cccc(Cl)c2C)ccc1C. The fraction of sp³-hybridized carbons (Fsp3) is 0.136. The van der Waals surface area contributed by atoms with Crippen LogP contribution >= 0.6 is 11.6 Å². The lowest BCUT2D eigenvalue weighted by molar-refractivity contribution is 0.102. The second kappa shape index (κ2) is 8.27. The number of para-hydroxylation sites is 1. The van der Waals surface area contributed by atoms with E-state index < -0.39 is 15.9 Å². The van der Waals surface area contributed by atoms with Crippen molar-refractivity contribution in [3.8, 4) is 0 Å². The number of anilines is 2. The van der Waals surface area contributed by atoms with Gasteiger partial charge < -0.3 is 5.32 Å². The number of halogens is 1. The Labute approximate surface area is 175 Å². The van der Waals surface area contributed by atoms with E-state index in [-0.39, 0.29) is 10.5 Å². The van der Waals surface area contributed by atoms with Crippen LogP contribution in [0.1, 0.15) is 27.0 Å². The molecule has 3 aromatic carbocycles.